The van der Waals surface area contributed by atoms with E-state index in [0.29, 0.717) is 18.1 Å². The van der Waals surface area contributed by atoms with E-state index in [1.54, 1.807) is 0 Å². The summed E-state index contributed by atoms with van der Waals surface area (Å²) in [4.78, 5) is 23.5. The molecule has 0 aromatic rings. The van der Waals surface area contributed by atoms with Crippen LogP contribution in [0.25, 0.3) is 0 Å². The van der Waals surface area contributed by atoms with Crippen molar-refractivity contribution in [3.05, 3.63) is 0 Å². The number of halogens is 1. The molecule has 0 saturated heterocycles. The van der Waals surface area contributed by atoms with Gasteiger partial charge in [0.1, 0.15) is 11.9 Å². The third kappa shape index (κ3) is 10.2. The monoisotopic (exact) mass is 388 g/mol. The normalized spacial score (nSPS) is 29.9. The highest BCUT2D eigenvalue weighted by atomic mass is 79.9. The fourth-order valence-electron chi connectivity index (χ4n) is 3.37. The molecule has 1 aliphatic rings. The Morgan fingerprint density at radius 2 is 1.61 bits per heavy atom. The van der Waals surface area contributed by atoms with E-state index in [-0.39, 0.29) is 16.9 Å². The van der Waals surface area contributed by atoms with Gasteiger partial charge in [-0.1, -0.05) is 61.4 Å². The number of carbonyl (C=O) groups excluding carboxylic acids is 2. The summed E-state index contributed by atoms with van der Waals surface area (Å²) in [6.45, 7) is 3.60. The lowest BCUT2D eigenvalue weighted by atomic mass is 9.93. The van der Waals surface area contributed by atoms with E-state index < -0.39 is 0 Å². The lowest BCUT2D eigenvalue weighted by Crippen LogP contribution is -2.28. The topological polar surface area (TPSA) is 43.4 Å². The molecule has 0 amide bonds. The van der Waals surface area contributed by atoms with Crippen molar-refractivity contribution in [1.29, 1.82) is 0 Å². The predicted molar refractivity (Wildman–Crippen MR) is 97.8 cm³/mol. The van der Waals surface area contributed by atoms with E-state index in [4.69, 9.17) is 4.74 Å². The molecule has 0 aromatic heterocycles. The van der Waals surface area contributed by atoms with Crippen LogP contribution in [0.2, 0.25) is 0 Å². The summed E-state index contributed by atoms with van der Waals surface area (Å²) in [5.41, 5.74) is 0. The minimum absolute atomic E-state index is 0.0713. The Morgan fingerprint density at radius 1 is 1.04 bits per heavy atom. The van der Waals surface area contributed by atoms with Gasteiger partial charge in [0, 0.05) is 19.8 Å². The fourth-order valence-corrected chi connectivity index (χ4v) is 4.38. The number of hydrogen-bond acceptors (Lipinski definition) is 3. The summed E-state index contributed by atoms with van der Waals surface area (Å²) in [6, 6.07) is 0. The zero-order valence-corrected chi connectivity index (χ0v) is 16.4. The molecule has 0 N–H and O–H groups in total. The smallest absolute Gasteiger partial charge is 0.302 e. The number of esters is 1. The van der Waals surface area contributed by atoms with Gasteiger partial charge in [0.25, 0.3) is 0 Å². The minimum atomic E-state index is -0.211. The van der Waals surface area contributed by atoms with Crippen molar-refractivity contribution in [2.45, 2.75) is 102 Å². The maximum absolute atomic E-state index is 12.1. The summed E-state index contributed by atoms with van der Waals surface area (Å²) >= 11 is 3.71. The van der Waals surface area contributed by atoms with Crippen molar-refractivity contribution in [2.24, 2.45) is 5.92 Å². The molecule has 1 fully saturated rings. The summed E-state index contributed by atoms with van der Waals surface area (Å²) in [5, 5.41) is 0. The van der Waals surface area contributed by atoms with Gasteiger partial charge in [-0.3, -0.25) is 9.59 Å². The average molecular weight is 389 g/mol. The Hall–Kier alpha value is -0.380. The average Bonchev–Trinajstić information content (AvgIpc) is 2.46. The van der Waals surface area contributed by atoms with Crippen LogP contribution in [0.3, 0.4) is 0 Å². The molecule has 0 aliphatic heterocycles. The maximum Gasteiger partial charge on any atom is 0.302 e. The molecule has 3 unspecified atom stereocenters. The maximum atomic E-state index is 12.1. The van der Waals surface area contributed by atoms with Gasteiger partial charge in [-0.05, 0) is 31.6 Å². The van der Waals surface area contributed by atoms with E-state index in [9.17, 15) is 9.59 Å². The van der Waals surface area contributed by atoms with E-state index >= 15 is 0 Å². The molecule has 23 heavy (non-hydrogen) atoms. The van der Waals surface area contributed by atoms with E-state index in [2.05, 4.69) is 22.9 Å². The van der Waals surface area contributed by atoms with E-state index in [1.807, 2.05) is 0 Å². The minimum Gasteiger partial charge on any atom is -0.461 e. The molecule has 3 atom stereocenters. The van der Waals surface area contributed by atoms with Gasteiger partial charge in [-0.2, -0.15) is 0 Å². The zero-order chi connectivity index (χ0) is 17.1. The number of hydrogen-bond donors (Lipinski definition) is 0. The highest BCUT2D eigenvalue weighted by Gasteiger charge is 2.24. The Kier molecular flexibility index (Phi) is 10.8. The van der Waals surface area contributed by atoms with E-state index in [0.717, 1.165) is 32.1 Å². The lowest BCUT2D eigenvalue weighted by molar-refractivity contribution is -0.146. The largest absolute Gasteiger partial charge is 0.461 e. The van der Waals surface area contributed by atoms with Crippen LogP contribution in [0.4, 0.5) is 0 Å². The highest BCUT2D eigenvalue weighted by molar-refractivity contribution is 9.09. The van der Waals surface area contributed by atoms with Crippen molar-refractivity contribution >= 4 is 27.7 Å². The zero-order valence-electron chi connectivity index (χ0n) is 14.8. The first kappa shape index (κ1) is 20.7. The number of ether oxygens (including phenoxy) is 1. The molecule has 1 saturated carbocycles. The number of alkyl halides is 1. The predicted octanol–water partition coefficient (Wildman–Crippen LogP) is 5.58. The van der Waals surface area contributed by atoms with Crippen LogP contribution < -0.4 is 0 Å². The van der Waals surface area contributed by atoms with Gasteiger partial charge in [0.2, 0.25) is 0 Å². The standard InChI is InChI=1S/C19H33BrO3/c1-15-13-17(22)11-9-7-5-3-4-6-8-10-12-19(18(20)14-15)23-16(2)21/h15,18-19H,3-14H2,1-2H3. The highest BCUT2D eigenvalue weighted by Crippen LogP contribution is 2.26. The molecule has 134 valence electrons. The Balaban J connectivity index is 2.58. The number of carbonyl (C=O) groups is 2. The quantitative estimate of drug-likeness (QED) is 0.434. The molecule has 0 aromatic carbocycles. The first-order chi connectivity index (χ1) is 11.0. The summed E-state index contributed by atoms with van der Waals surface area (Å²) < 4.78 is 5.51. The summed E-state index contributed by atoms with van der Waals surface area (Å²) in [5.74, 6) is 0.503. The lowest BCUT2D eigenvalue weighted by Gasteiger charge is -2.25. The molecule has 0 radical (unpaired) electrons. The van der Waals surface area contributed by atoms with Crippen molar-refractivity contribution in [1.82, 2.24) is 0 Å². The van der Waals surface area contributed by atoms with Gasteiger partial charge >= 0.3 is 5.97 Å². The Morgan fingerprint density at radius 3 is 2.22 bits per heavy atom. The van der Waals surface area contributed by atoms with Crippen LogP contribution in [0.15, 0.2) is 0 Å². The molecule has 1 rings (SSSR count). The molecule has 0 spiro atoms. The van der Waals surface area contributed by atoms with Crippen LogP contribution in [0.5, 0.6) is 0 Å². The van der Waals surface area contributed by atoms with Crippen molar-refractivity contribution in [3.63, 3.8) is 0 Å². The molecule has 0 bridgehead atoms. The van der Waals surface area contributed by atoms with E-state index in [1.165, 1.54) is 45.4 Å². The van der Waals surface area contributed by atoms with Crippen LogP contribution in [-0.2, 0) is 14.3 Å². The second kappa shape index (κ2) is 12.0. The molecular formula is C19H33BrO3. The first-order valence-corrected chi connectivity index (χ1v) is 10.2. The number of rotatable bonds is 1. The van der Waals surface area contributed by atoms with Crippen molar-refractivity contribution < 1.29 is 14.3 Å². The van der Waals surface area contributed by atoms with Gasteiger partial charge in [-0.25, -0.2) is 0 Å². The van der Waals surface area contributed by atoms with Crippen molar-refractivity contribution in [3.8, 4) is 0 Å². The third-order valence-electron chi connectivity index (χ3n) is 4.62. The molecule has 4 heteroatoms. The van der Waals surface area contributed by atoms with Gasteiger partial charge in [-0.15, -0.1) is 0 Å². The van der Waals surface area contributed by atoms with Crippen LogP contribution >= 0.6 is 15.9 Å². The summed E-state index contributed by atoms with van der Waals surface area (Å²) in [6.07, 6.45) is 12.7. The molecule has 0 heterocycles. The van der Waals surface area contributed by atoms with Gasteiger partial charge < -0.3 is 4.74 Å². The van der Waals surface area contributed by atoms with Crippen LogP contribution in [0, 0.1) is 5.92 Å². The Bertz CT molecular complexity index is 357. The third-order valence-corrected chi connectivity index (χ3v) is 5.58. The first-order valence-electron chi connectivity index (χ1n) is 9.32. The number of Topliss-reactive ketones (excluding diaryl/α,β-unsaturated/α-hetero) is 1. The molecule has 1 aliphatic carbocycles. The Labute approximate surface area is 150 Å². The fraction of sp³-hybridized carbons (Fsp3) is 0.895. The van der Waals surface area contributed by atoms with Crippen molar-refractivity contribution in [2.75, 3.05) is 0 Å². The number of ketones is 1. The van der Waals surface area contributed by atoms with Gasteiger partial charge in [0.15, 0.2) is 0 Å². The van der Waals surface area contributed by atoms with Crippen LogP contribution in [-0.4, -0.2) is 22.7 Å². The molecular weight excluding hydrogens is 356 g/mol. The van der Waals surface area contributed by atoms with Gasteiger partial charge in [0.05, 0.1) is 4.83 Å². The second-order valence-electron chi connectivity index (χ2n) is 7.11. The molecule has 3 nitrogen and oxygen atoms in total. The van der Waals surface area contributed by atoms with Crippen LogP contribution in [0.1, 0.15) is 90.9 Å². The summed E-state index contributed by atoms with van der Waals surface area (Å²) in [7, 11) is 0. The second-order valence-corrected chi connectivity index (χ2v) is 8.29. The SMILES string of the molecule is CC(=O)OC1CCCCCCCCCCC(=O)CC(C)CC1Br.